The maximum absolute atomic E-state index is 12.4. The Morgan fingerprint density at radius 2 is 1.95 bits per heavy atom. The van der Waals surface area contributed by atoms with E-state index < -0.39 is 23.2 Å². The van der Waals surface area contributed by atoms with E-state index in [0.29, 0.717) is 0 Å². The molecule has 0 amide bonds. The number of anilines is 1. The van der Waals surface area contributed by atoms with E-state index in [1.54, 1.807) is 30.3 Å². The van der Waals surface area contributed by atoms with Gasteiger partial charge in [-0.25, -0.2) is 4.79 Å². The number of alkyl halides is 3. The zero-order valence-electron chi connectivity index (χ0n) is 10.5. The average Bonchev–Trinajstić information content (AvgIpc) is 2.87. The molecule has 9 heteroatoms. The van der Waals surface area contributed by atoms with E-state index in [-0.39, 0.29) is 22.9 Å². The van der Waals surface area contributed by atoms with Crippen molar-refractivity contribution in [2.24, 2.45) is 0 Å². The molecule has 5 nitrogen and oxygen atoms in total. The number of nitrogens with one attached hydrogen (secondary N) is 1. The number of hydrogen-bond acceptors (Lipinski definition) is 5. The van der Waals surface area contributed by atoms with Gasteiger partial charge in [0, 0.05) is 6.42 Å². The number of benzene rings is 1. The molecule has 1 atom stereocenters. The molecule has 0 aliphatic heterocycles. The molecule has 1 heterocycles. The smallest absolute Gasteiger partial charge is 0.445 e. The molecule has 21 heavy (non-hydrogen) atoms. The van der Waals surface area contributed by atoms with Crippen LogP contribution in [0, 0.1) is 0 Å². The summed E-state index contributed by atoms with van der Waals surface area (Å²) >= 11 is 0.274. The predicted molar refractivity (Wildman–Crippen MR) is 70.1 cm³/mol. The Labute approximate surface area is 121 Å². The number of aromatic nitrogens is 2. The van der Waals surface area contributed by atoms with Crippen molar-refractivity contribution in [2.75, 3.05) is 5.32 Å². The average molecular weight is 317 g/mol. The Kier molecular flexibility index (Phi) is 4.41. The van der Waals surface area contributed by atoms with Crippen LogP contribution >= 0.6 is 11.3 Å². The van der Waals surface area contributed by atoms with Gasteiger partial charge >= 0.3 is 12.1 Å². The van der Waals surface area contributed by atoms with Gasteiger partial charge in [-0.05, 0) is 5.56 Å². The molecule has 112 valence electrons. The van der Waals surface area contributed by atoms with E-state index >= 15 is 0 Å². The highest BCUT2D eigenvalue weighted by molar-refractivity contribution is 7.15. The first-order valence-electron chi connectivity index (χ1n) is 5.80. The molecule has 0 saturated carbocycles. The molecule has 2 aromatic rings. The summed E-state index contributed by atoms with van der Waals surface area (Å²) < 4.78 is 37.2. The van der Waals surface area contributed by atoms with Gasteiger partial charge in [0.2, 0.25) is 10.1 Å². The van der Waals surface area contributed by atoms with Gasteiger partial charge in [-0.1, -0.05) is 41.7 Å². The maximum Gasteiger partial charge on any atom is 0.445 e. The number of carbonyl (C=O) groups is 1. The third-order valence-electron chi connectivity index (χ3n) is 2.55. The fourth-order valence-electron chi connectivity index (χ4n) is 1.60. The van der Waals surface area contributed by atoms with Gasteiger partial charge in [-0.15, -0.1) is 10.2 Å². The van der Waals surface area contributed by atoms with Crippen LogP contribution in [-0.2, 0) is 17.4 Å². The highest BCUT2D eigenvalue weighted by Gasteiger charge is 2.36. The van der Waals surface area contributed by atoms with Gasteiger partial charge in [0.1, 0.15) is 6.04 Å². The minimum atomic E-state index is -4.59. The number of rotatable bonds is 5. The quantitative estimate of drug-likeness (QED) is 0.887. The molecule has 0 unspecified atom stereocenters. The summed E-state index contributed by atoms with van der Waals surface area (Å²) in [6, 6.07) is 7.67. The van der Waals surface area contributed by atoms with E-state index in [4.69, 9.17) is 5.11 Å². The monoisotopic (exact) mass is 317 g/mol. The van der Waals surface area contributed by atoms with Crippen molar-refractivity contribution in [2.45, 2.75) is 18.6 Å². The predicted octanol–water partition coefficient (Wildman–Crippen LogP) is 2.66. The summed E-state index contributed by atoms with van der Waals surface area (Å²) in [5, 5.41) is 16.6. The number of aliphatic carboxylic acids is 1. The molecule has 0 fully saturated rings. The van der Waals surface area contributed by atoms with Crippen molar-refractivity contribution >= 4 is 22.4 Å². The second-order valence-electron chi connectivity index (χ2n) is 4.14. The van der Waals surface area contributed by atoms with Gasteiger partial charge < -0.3 is 10.4 Å². The molecule has 0 bridgehead atoms. The second kappa shape index (κ2) is 6.08. The van der Waals surface area contributed by atoms with Crippen molar-refractivity contribution in [3.8, 4) is 0 Å². The SMILES string of the molecule is O=C(O)[C@@H](Cc1ccccc1)Nc1nnc(C(F)(F)F)s1. The summed E-state index contributed by atoms with van der Waals surface area (Å²) in [6.45, 7) is 0. The molecule has 0 aliphatic carbocycles. The van der Waals surface area contributed by atoms with E-state index in [1.807, 2.05) is 0 Å². The van der Waals surface area contributed by atoms with Gasteiger partial charge in [0.15, 0.2) is 0 Å². The standard InChI is InChI=1S/C12H10F3N3O2S/c13-12(14,15)10-17-18-11(21-10)16-8(9(19)20)6-7-4-2-1-3-5-7/h1-5,8H,6H2,(H,16,18)(H,19,20)/t8-/m1/s1. The number of carboxylic acids is 1. The summed E-state index contributed by atoms with van der Waals surface area (Å²) in [7, 11) is 0. The van der Waals surface area contributed by atoms with Crippen LogP contribution in [0.25, 0.3) is 0 Å². The van der Waals surface area contributed by atoms with E-state index in [1.165, 1.54) is 0 Å². The van der Waals surface area contributed by atoms with E-state index in [2.05, 4.69) is 15.5 Å². The third kappa shape index (κ3) is 4.15. The lowest BCUT2D eigenvalue weighted by Gasteiger charge is -2.13. The number of carboxylic acid groups (broad SMARTS) is 1. The largest absolute Gasteiger partial charge is 0.480 e. The minimum Gasteiger partial charge on any atom is -0.480 e. The molecule has 0 radical (unpaired) electrons. The molecule has 0 saturated heterocycles. The van der Waals surface area contributed by atoms with Gasteiger partial charge in [-0.2, -0.15) is 13.2 Å². The van der Waals surface area contributed by atoms with Crippen molar-refractivity contribution in [1.29, 1.82) is 0 Å². The van der Waals surface area contributed by atoms with Crippen LogP contribution in [0.4, 0.5) is 18.3 Å². The van der Waals surface area contributed by atoms with Crippen LogP contribution in [0.2, 0.25) is 0 Å². The summed E-state index contributed by atoms with van der Waals surface area (Å²) in [5.74, 6) is -1.18. The fraction of sp³-hybridized carbons (Fsp3) is 0.250. The summed E-state index contributed by atoms with van der Waals surface area (Å²) in [6.07, 6.45) is -4.47. The van der Waals surface area contributed by atoms with Gasteiger partial charge in [0.05, 0.1) is 0 Å². The lowest BCUT2D eigenvalue weighted by molar-refractivity contribution is -0.138. The van der Waals surface area contributed by atoms with Crippen molar-refractivity contribution in [3.05, 3.63) is 40.9 Å². The maximum atomic E-state index is 12.4. The van der Waals surface area contributed by atoms with Crippen LogP contribution in [-0.4, -0.2) is 27.3 Å². The lowest BCUT2D eigenvalue weighted by Crippen LogP contribution is -2.31. The first kappa shape index (κ1) is 15.2. The second-order valence-corrected chi connectivity index (χ2v) is 5.11. The van der Waals surface area contributed by atoms with Crippen LogP contribution in [0.15, 0.2) is 30.3 Å². The number of halogens is 3. The van der Waals surface area contributed by atoms with E-state index in [9.17, 15) is 18.0 Å². The topological polar surface area (TPSA) is 75.1 Å². The van der Waals surface area contributed by atoms with Crippen LogP contribution in [0.5, 0.6) is 0 Å². The minimum absolute atomic E-state index is 0.122. The molecule has 1 aromatic carbocycles. The highest BCUT2D eigenvalue weighted by Crippen LogP contribution is 2.33. The third-order valence-corrected chi connectivity index (χ3v) is 3.45. The first-order chi connectivity index (χ1) is 9.86. The van der Waals surface area contributed by atoms with Crippen LogP contribution in [0.1, 0.15) is 10.6 Å². The molecular weight excluding hydrogens is 307 g/mol. The van der Waals surface area contributed by atoms with E-state index in [0.717, 1.165) is 5.56 Å². The molecule has 0 spiro atoms. The lowest BCUT2D eigenvalue weighted by atomic mass is 10.1. The fourth-order valence-corrected chi connectivity index (χ4v) is 2.26. The van der Waals surface area contributed by atoms with Gasteiger partial charge in [-0.3, -0.25) is 0 Å². The molecule has 1 aromatic heterocycles. The van der Waals surface area contributed by atoms with Crippen molar-refractivity contribution in [1.82, 2.24) is 10.2 Å². The number of hydrogen-bond donors (Lipinski definition) is 2. The Balaban J connectivity index is 2.10. The zero-order valence-corrected chi connectivity index (χ0v) is 11.3. The Hall–Kier alpha value is -2.16. The highest BCUT2D eigenvalue weighted by atomic mass is 32.1. The molecule has 0 aliphatic rings. The molecular formula is C12H10F3N3O2S. The number of nitrogens with zero attached hydrogens (tertiary/aromatic N) is 2. The van der Waals surface area contributed by atoms with Gasteiger partial charge in [0.25, 0.3) is 0 Å². The van der Waals surface area contributed by atoms with Crippen molar-refractivity contribution in [3.63, 3.8) is 0 Å². The Morgan fingerprint density at radius 1 is 1.29 bits per heavy atom. The van der Waals surface area contributed by atoms with Crippen molar-refractivity contribution < 1.29 is 23.1 Å². The van der Waals surface area contributed by atoms with Crippen LogP contribution in [0.3, 0.4) is 0 Å². The molecule has 2 N–H and O–H groups in total. The Bertz CT molecular complexity index is 616. The summed E-state index contributed by atoms with van der Waals surface area (Å²) in [4.78, 5) is 11.2. The summed E-state index contributed by atoms with van der Waals surface area (Å²) in [5.41, 5.74) is 0.748. The Morgan fingerprint density at radius 3 is 2.48 bits per heavy atom. The first-order valence-corrected chi connectivity index (χ1v) is 6.62. The zero-order chi connectivity index (χ0) is 15.5. The molecule has 2 rings (SSSR count). The van der Waals surface area contributed by atoms with Crippen LogP contribution < -0.4 is 5.32 Å². The normalized spacial score (nSPS) is 12.9.